The summed E-state index contributed by atoms with van der Waals surface area (Å²) in [7, 11) is 4.94. The Morgan fingerprint density at radius 3 is 1.09 bits per heavy atom. The number of aromatic nitrogens is 13. The van der Waals surface area contributed by atoms with E-state index in [9.17, 15) is 45.9 Å². The van der Waals surface area contributed by atoms with E-state index in [2.05, 4.69) is 124 Å². The Balaban J connectivity index is 0.000000112. The molecule has 0 amide bonds. The van der Waals surface area contributed by atoms with Crippen LogP contribution in [0.3, 0.4) is 0 Å². The van der Waals surface area contributed by atoms with E-state index in [1.807, 2.05) is 86.4 Å². The van der Waals surface area contributed by atoms with Crippen molar-refractivity contribution in [3.05, 3.63) is 304 Å². The van der Waals surface area contributed by atoms with Crippen LogP contribution >= 0.6 is 0 Å². The minimum atomic E-state index is -0.498. The van der Waals surface area contributed by atoms with Crippen LogP contribution in [0.25, 0.3) is 123 Å². The van der Waals surface area contributed by atoms with Crippen molar-refractivity contribution in [1.82, 2.24) is 86.8 Å². The van der Waals surface area contributed by atoms with Crippen molar-refractivity contribution in [3.63, 3.8) is 0 Å². The summed E-state index contributed by atoms with van der Waals surface area (Å²) < 4.78 is 105. The number of fused-ring (bicyclic) bond motifs is 9. The standard InChI is InChI=1S/C23H24FN5O2.C23H25FN4O2.C22H22FN5O2.C21H20FN5O2.C21H20FN3O2/c1-3-6-27-7-9-28(10-8-27)17-4-5-21-26-19(13-22(30)29(21)14-17)16-11-18(24)23-20(12-16)31-15(2)25-23;1-3-26-10-16-12-27(13-17(16)11-26)18-5-7-22-25-20(9-23(29)28(22)14-18)15-4-6-21(30-2)19(24)8-15;1-3-26-6-8-27(9-7-26)16-4-5-20-25-18(12-21(29)28(20)13-16)15-10-17(23)22-19(11-15)30-14(2)24-22;1-13-23-21-16(22)9-14(10-18(21)29-13)17-11-20(28)27-12-15(3-4-19(27)24-17)26-7-5-25(2)6-8-26;1-13-9-16(14-5-7-23-8-6-14)12-25-20(26)11-18(24-21(13)25)15-3-4-19(27-2)17(22)10-15/h4-5,11-14H,3,6-10H2,1-2H3;4-9,14,16-17H,3,10-13H2,1-2H3;4-5,10-13H,3,6-9H2,1-2H3;3-4,9-12H,5-8H2,1-2H3;3-5,9-12,23H,6-8H2,1-2H3/t;16-,17+;;;. The lowest BCUT2D eigenvalue weighted by atomic mass is 10.0. The number of halogens is 5. The minimum Gasteiger partial charge on any atom is -0.494 e. The van der Waals surface area contributed by atoms with Gasteiger partial charge in [0, 0.05) is 221 Å². The van der Waals surface area contributed by atoms with Crippen LogP contribution in [0.15, 0.2) is 232 Å². The molecule has 5 aromatic carbocycles. The molecule has 0 saturated carbocycles. The molecule has 37 heteroatoms. The number of ether oxygens (including phenoxy) is 2. The highest BCUT2D eigenvalue weighted by molar-refractivity contribution is 5.84. The van der Waals surface area contributed by atoms with Crippen LogP contribution in [0.1, 0.15) is 62.4 Å². The van der Waals surface area contributed by atoms with Crippen LogP contribution in [-0.2, 0) is 0 Å². The molecule has 2 atom stereocenters. The molecule has 147 heavy (non-hydrogen) atoms. The third kappa shape index (κ3) is 21.0. The number of likely N-dealkylation sites (N-methyl/N-ethyl adjacent to an activating group) is 2. The number of anilines is 4. The first-order valence-corrected chi connectivity index (χ1v) is 49.5. The Labute approximate surface area is 840 Å². The summed E-state index contributed by atoms with van der Waals surface area (Å²) in [6.07, 6.45) is 13.4. The van der Waals surface area contributed by atoms with Gasteiger partial charge in [0.05, 0.1) is 65.4 Å². The maximum atomic E-state index is 14.5. The number of hydrogen-bond donors (Lipinski definition) is 1. The zero-order valence-electron chi connectivity index (χ0n) is 83.3. The number of methoxy groups -OCH3 is 2. The molecule has 32 nitrogen and oxygen atoms in total. The van der Waals surface area contributed by atoms with Crippen molar-refractivity contribution in [3.8, 4) is 67.8 Å². The SMILES string of the molecule is CCCN1CCN(c2ccc3nc(-c4cc(F)c5nc(C)oc5c4)cc(=O)n3c2)CC1.CCN1CCN(c2ccc3nc(-c4cc(F)c5nc(C)oc5c4)cc(=O)n3c2)CC1.CCN1C[C@@H]2CN(c3ccc4nc(-c5ccc(OC)c(F)c5)cc(=O)n4c3)C[C@@H]2C1.COc1ccc(-c2cc(=O)n3cc(C4=CCNCC4)cc(C)c3n2)cc1F.Cc1nc2c(F)cc(-c3cc(=O)n4cc(N5CCN(C)CC5)ccc4n3)cc2o1. The first-order valence-electron chi connectivity index (χ1n) is 49.5. The van der Waals surface area contributed by atoms with Crippen molar-refractivity contribution in [2.75, 3.05) is 178 Å². The van der Waals surface area contributed by atoms with E-state index < -0.39 is 29.1 Å². The molecule has 5 saturated heterocycles. The Bertz CT molecular complexity index is 8430. The number of aryl methyl sites for hydroxylation is 4. The largest absolute Gasteiger partial charge is 0.494 e. The third-order valence-electron chi connectivity index (χ3n) is 28.1. The van der Waals surface area contributed by atoms with Crippen molar-refractivity contribution in [1.29, 1.82) is 0 Å². The van der Waals surface area contributed by atoms with Crippen LogP contribution < -0.4 is 62.2 Å². The summed E-state index contributed by atoms with van der Waals surface area (Å²) in [4.78, 5) is 118. The highest BCUT2D eigenvalue weighted by Crippen LogP contribution is 2.38. The van der Waals surface area contributed by atoms with Crippen molar-refractivity contribution in [2.24, 2.45) is 11.8 Å². The molecule has 0 spiro atoms. The summed E-state index contributed by atoms with van der Waals surface area (Å²) in [6.45, 7) is 34.5. The second-order valence-corrected chi connectivity index (χ2v) is 37.8. The first kappa shape index (κ1) is 98.7. The summed E-state index contributed by atoms with van der Waals surface area (Å²) >= 11 is 0. The Morgan fingerprint density at radius 1 is 0.361 bits per heavy atom. The predicted octanol–water partition coefficient (Wildman–Crippen LogP) is 15.4. The summed E-state index contributed by atoms with van der Waals surface area (Å²) in [5, 5.41) is 3.29. The van der Waals surface area contributed by atoms with Crippen molar-refractivity contribution in [2.45, 2.75) is 61.3 Å². The van der Waals surface area contributed by atoms with Crippen LogP contribution in [0.4, 0.5) is 44.7 Å². The van der Waals surface area contributed by atoms with Gasteiger partial charge in [-0.3, -0.25) is 50.9 Å². The molecule has 0 aliphatic carbocycles. The van der Waals surface area contributed by atoms with E-state index in [0.717, 1.165) is 184 Å². The molecule has 1 N–H and O–H groups in total. The predicted molar refractivity (Wildman–Crippen MR) is 559 cm³/mol. The second-order valence-electron chi connectivity index (χ2n) is 37.8. The monoisotopic (exact) mass is 1990 g/mol. The highest BCUT2D eigenvalue weighted by atomic mass is 19.1. The Hall–Kier alpha value is -15.7. The van der Waals surface area contributed by atoms with Crippen LogP contribution in [0, 0.1) is 68.6 Å². The number of pyridine rings is 5. The molecule has 24 rings (SSSR count). The highest BCUT2D eigenvalue weighted by Gasteiger charge is 2.40. The number of piperazine rings is 3. The van der Waals surface area contributed by atoms with Gasteiger partial charge in [-0.25, -0.2) is 61.8 Å². The van der Waals surface area contributed by atoms with E-state index in [0.29, 0.717) is 131 Å². The lowest BCUT2D eigenvalue weighted by Gasteiger charge is -2.35. The average molecular weight is 2000 g/mol. The Kier molecular flexibility index (Phi) is 28.3. The topological polar surface area (TPSA) is 306 Å². The molecular formula is C110H111F5N22O10. The maximum absolute atomic E-state index is 14.5. The van der Waals surface area contributed by atoms with Gasteiger partial charge in [0.15, 0.2) is 75.0 Å². The quantitative estimate of drug-likeness (QED) is 0.0879. The molecule has 0 bridgehead atoms. The molecule has 19 heterocycles. The van der Waals surface area contributed by atoms with E-state index >= 15 is 0 Å². The molecule has 6 aliphatic heterocycles. The average Bonchev–Trinajstić information content (AvgIpc) is 1.09. The van der Waals surface area contributed by atoms with Gasteiger partial charge in [0.25, 0.3) is 27.8 Å². The fourth-order valence-electron chi connectivity index (χ4n) is 20.2. The van der Waals surface area contributed by atoms with Crippen LogP contribution in [0.5, 0.6) is 11.5 Å². The second kappa shape index (κ2) is 42.2. The number of nitrogens with one attached hydrogen (secondary N) is 1. The number of benzene rings is 5. The normalized spacial score (nSPS) is 16.4. The lowest BCUT2D eigenvalue weighted by Crippen LogP contribution is -2.46. The maximum Gasteiger partial charge on any atom is 0.258 e. The Morgan fingerprint density at radius 2 is 0.721 bits per heavy atom. The van der Waals surface area contributed by atoms with E-state index in [-0.39, 0.29) is 55.8 Å². The molecule has 6 aliphatic rings. The number of nitrogens with zero attached hydrogens (tertiary/aromatic N) is 21. The number of rotatable bonds is 16. The summed E-state index contributed by atoms with van der Waals surface area (Å²) in [6, 6.07) is 42.7. The molecular weight excluding hydrogens is 1880 g/mol. The smallest absolute Gasteiger partial charge is 0.258 e. The zero-order valence-corrected chi connectivity index (χ0v) is 83.3. The third-order valence-corrected chi connectivity index (χ3v) is 28.1. The summed E-state index contributed by atoms with van der Waals surface area (Å²) in [5.74, 6) is 0.431. The molecule has 0 unspecified atom stereocenters. The van der Waals surface area contributed by atoms with Crippen molar-refractivity contribution < 1.29 is 44.7 Å². The van der Waals surface area contributed by atoms with E-state index in [4.69, 9.17) is 22.7 Å². The van der Waals surface area contributed by atoms with Gasteiger partial charge >= 0.3 is 0 Å². The van der Waals surface area contributed by atoms with Gasteiger partial charge in [-0.2, -0.15) is 0 Å². The first-order chi connectivity index (χ1) is 71.1. The summed E-state index contributed by atoms with van der Waals surface area (Å²) in [5.41, 5.74) is 15.1. The van der Waals surface area contributed by atoms with Gasteiger partial charge in [-0.1, -0.05) is 26.8 Å². The van der Waals surface area contributed by atoms with Gasteiger partial charge in [-0.15, -0.1) is 0 Å². The molecule has 18 aromatic rings. The zero-order chi connectivity index (χ0) is 102. The van der Waals surface area contributed by atoms with Gasteiger partial charge in [0.2, 0.25) is 0 Å². The fraction of sp³-hybridized carbons (Fsp3) is 0.318. The minimum absolute atomic E-state index is 0.160. The van der Waals surface area contributed by atoms with Crippen molar-refractivity contribution >= 4 is 89.9 Å². The van der Waals surface area contributed by atoms with Crippen LogP contribution in [0.2, 0.25) is 0 Å². The van der Waals surface area contributed by atoms with Gasteiger partial charge in [-0.05, 0) is 209 Å². The number of hydrogen-bond acceptors (Lipinski definition) is 27. The van der Waals surface area contributed by atoms with Gasteiger partial charge < -0.3 is 62.3 Å². The molecule has 756 valence electrons. The number of oxazole rings is 3. The molecule has 0 radical (unpaired) electrons. The van der Waals surface area contributed by atoms with Crippen LogP contribution in [-0.4, -0.2) is 240 Å². The van der Waals surface area contributed by atoms with E-state index in [1.165, 1.54) is 90.9 Å². The number of likely N-dealkylation sites (tertiary alicyclic amines) is 1. The van der Waals surface area contributed by atoms with E-state index in [1.54, 1.807) is 74.8 Å². The fourth-order valence-corrected chi connectivity index (χ4v) is 20.2. The molecule has 5 fully saturated rings. The van der Waals surface area contributed by atoms with Gasteiger partial charge in [0.1, 0.15) is 44.8 Å². The lowest BCUT2D eigenvalue weighted by molar-refractivity contribution is 0.258. The molecule has 13 aromatic heterocycles.